The summed E-state index contributed by atoms with van der Waals surface area (Å²) in [6, 6.07) is 3.14. The zero-order valence-electron chi connectivity index (χ0n) is 8.69. The van der Waals surface area contributed by atoms with E-state index in [9.17, 15) is 17.6 Å². The lowest BCUT2D eigenvalue weighted by atomic mass is 10.0. The molecule has 0 aliphatic carbocycles. The van der Waals surface area contributed by atoms with Crippen LogP contribution in [0.3, 0.4) is 0 Å². The normalized spacial score (nSPS) is 13.8. The molecule has 0 amide bonds. The fraction of sp³-hybridized carbons (Fsp3) is 0.400. The molecule has 0 spiro atoms. The molecule has 2 nitrogen and oxygen atoms in total. The molecule has 0 bridgehead atoms. The van der Waals surface area contributed by atoms with Gasteiger partial charge in [-0.2, -0.15) is 13.2 Å². The summed E-state index contributed by atoms with van der Waals surface area (Å²) >= 11 is 2.97. The smallest absolute Gasteiger partial charge is 0.271 e. The zero-order valence-corrected chi connectivity index (χ0v) is 10.3. The van der Waals surface area contributed by atoms with E-state index in [-0.39, 0.29) is 10.9 Å². The first-order valence-electron chi connectivity index (χ1n) is 4.78. The Bertz CT molecular complexity index is 381. The van der Waals surface area contributed by atoms with Crippen LogP contribution >= 0.6 is 15.9 Å². The molecule has 0 aromatic heterocycles. The van der Waals surface area contributed by atoms with Crippen molar-refractivity contribution >= 4 is 15.9 Å². The molecule has 1 atom stereocenters. The molecule has 17 heavy (non-hydrogen) atoms. The summed E-state index contributed by atoms with van der Waals surface area (Å²) in [5.41, 5.74) is 2.69. The number of hydrogen-bond acceptors (Lipinski definition) is 2. The van der Waals surface area contributed by atoms with Crippen molar-refractivity contribution in [2.75, 3.05) is 0 Å². The second-order valence-electron chi connectivity index (χ2n) is 3.64. The first kappa shape index (κ1) is 14.4. The van der Waals surface area contributed by atoms with Crippen LogP contribution in [0.1, 0.15) is 12.0 Å². The lowest BCUT2D eigenvalue weighted by Crippen LogP contribution is -2.40. The lowest BCUT2D eigenvalue weighted by molar-refractivity contribution is -0.140. The molecule has 7 heteroatoms. The molecule has 0 saturated carbocycles. The summed E-state index contributed by atoms with van der Waals surface area (Å²) in [4.78, 5) is 0. The van der Waals surface area contributed by atoms with Crippen LogP contribution in [0.5, 0.6) is 0 Å². The highest BCUT2D eigenvalue weighted by molar-refractivity contribution is 9.10. The van der Waals surface area contributed by atoms with Gasteiger partial charge in [-0.25, -0.2) is 4.39 Å². The van der Waals surface area contributed by atoms with Gasteiger partial charge in [-0.3, -0.25) is 11.3 Å². The molecule has 3 N–H and O–H groups in total. The van der Waals surface area contributed by atoms with E-state index in [4.69, 9.17) is 5.84 Å². The third-order valence-corrected chi connectivity index (χ3v) is 2.79. The van der Waals surface area contributed by atoms with Crippen molar-refractivity contribution in [1.29, 1.82) is 0 Å². The second-order valence-corrected chi connectivity index (χ2v) is 4.49. The average Bonchev–Trinajstić information content (AvgIpc) is 2.20. The maximum Gasteiger partial charge on any atom is 0.390 e. The summed E-state index contributed by atoms with van der Waals surface area (Å²) in [6.45, 7) is 0. The van der Waals surface area contributed by atoms with Gasteiger partial charge in [0.2, 0.25) is 0 Å². The standard InChI is InChI=1S/C10H11BrF4N2/c11-8-4-6(1-2-9(8)12)3-7(17-16)5-10(13,14)15/h1-2,4,7,17H,3,5,16H2. The Hall–Kier alpha value is -0.660. The third-order valence-electron chi connectivity index (χ3n) is 2.18. The van der Waals surface area contributed by atoms with Gasteiger partial charge in [0.25, 0.3) is 0 Å². The second kappa shape index (κ2) is 5.79. The Kier molecular flexibility index (Phi) is 4.91. The number of hydrazine groups is 1. The lowest BCUT2D eigenvalue weighted by Gasteiger charge is -2.17. The molecule has 1 rings (SSSR count). The minimum absolute atomic E-state index is 0.0783. The number of nitrogens with two attached hydrogens (primary N) is 1. The average molecular weight is 315 g/mol. The van der Waals surface area contributed by atoms with Crippen LogP contribution in [0.15, 0.2) is 22.7 Å². The molecule has 1 unspecified atom stereocenters. The minimum atomic E-state index is -4.28. The van der Waals surface area contributed by atoms with Crippen molar-refractivity contribution in [3.8, 4) is 0 Å². The van der Waals surface area contributed by atoms with Crippen LogP contribution in [0.4, 0.5) is 17.6 Å². The van der Waals surface area contributed by atoms with Crippen molar-refractivity contribution in [2.24, 2.45) is 5.84 Å². The Labute approximate surface area is 104 Å². The highest BCUT2D eigenvalue weighted by Gasteiger charge is 2.31. The van der Waals surface area contributed by atoms with Crippen LogP contribution in [0.25, 0.3) is 0 Å². The van der Waals surface area contributed by atoms with Gasteiger partial charge in [-0.1, -0.05) is 6.07 Å². The molecular formula is C10H11BrF4N2. The number of alkyl halides is 3. The SMILES string of the molecule is NNC(Cc1ccc(F)c(Br)c1)CC(F)(F)F. The Morgan fingerprint density at radius 2 is 2.00 bits per heavy atom. The predicted octanol–water partition coefficient (Wildman–Crippen LogP) is 2.92. The quantitative estimate of drug-likeness (QED) is 0.509. The largest absolute Gasteiger partial charge is 0.390 e. The summed E-state index contributed by atoms with van der Waals surface area (Å²) in [5.74, 6) is 4.60. The van der Waals surface area contributed by atoms with Gasteiger partial charge >= 0.3 is 6.18 Å². The van der Waals surface area contributed by atoms with Gasteiger partial charge in [-0.15, -0.1) is 0 Å². The van der Waals surface area contributed by atoms with E-state index >= 15 is 0 Å². The van der Waals surface area contributed by atoms with Gasteiger partial charge in [0.15, 0.2) is 0 Å². The summed E-state index contributed by atoms with van der Waals surface area (Å²) < 4.78 is 49.7. The van der Waals surface area contributed by atoms with Gasteiger partial charge in [-0.05, 0) is 40.0 Å². The summed E-state index contributed by atoms with van der Waals surface area (Å²) in [5, 5.41) is 0. The molecule has 0 fully saturated rings. The summed E-state index contributed by atoms with van der Waals surface area (Å²) in [7, 11) is 0. The first-order chi connectivity index (χ1) is 7.81. The first-order valence-corrected chi connectivity index (χ1v) is 5.58. The van der Waals surface area contributed by atoms with Crippen LogP contribution in [0, 0.1) is 5.82 Å². The molecule has 1 aromatic carbocycles. The van der Waals surface area contributed by atoms with Crippen LogP contribution < -0.4 is 11.3 Å². The Morgan fingerprint density at radius 1 is 1.35 bits per heavy atom. The number of hydrogen-bond donors (Lipinski definition) is 2. The molecule has 0 saturated heterocycles. The molecule has 96 valence electrons. The number of rotatable bonds is 4. The molecule has 0 aliphatic rings. The van der Waals surface area contributed by atoms with Crippen molar-refractivity contribution in [3.63, 3.8) is 0 Å². The Morgan fingerprint density at radius 3 is 2.47 bits per heavy atom. The van der Waals surface area contributed by atoms with Crippen LogP contribution in [-0.4, -0.2) is 12.2 Å². The van der Waals surface area contributed by atoms with Gasteiger partial charge < -0.3 is 0 Å². The number of nitrogens with one attached hydrogen (secondary N) is 1. The van der Waals surface area contributed by atoms with Crippen molar-refractivity contribution in [2.45, 2.75) is 25.1 Å². The maximum absolute atomic E-state index is 12.9. The highest BCUT2D eigenvalue weighted by Crippen LogP contribution is 2.24. The number of benzene rings is 1. The molecule has 0 aliphatic heterocycles. The Balaban J connectivity index is 2.70. The highest BCUT2D eigenvalue weighted by atomic mass is 79.9. The van der Waals surface area contributed by atoms with E-state index in [1.165, 1.54) is 18.2 Å². The molecule has 1 aromatic rings. The van der Waals surface area contributed by atoms with Crippen molar-refractivity contribution in [3.05, 3.63) is 34.1 Å². The molecule has 0 heterocycles. The molecule has 0 radical (unpaired) electrons. The van der Waals surface area contributed by atoms with E-state index in [0.717, 1.165) is 0 Å². The fourth-order valence-corrected chi connectivity index (χ4v) is 1.85. The van der Waals surface area contributed by atoms with Crippen LogP contribution in [-0.2, 0) is 6.42 Å². The van der Waals surface area contributed by atoms with E-state index in [1.807, 2.05) is 0 Å². The van der Waals surface area contributed by atoms with Gasteiger partial charge in [0, 0.05) is 6.04 Å². The van der Waals surface area contributed by atoms with Crippen molar-refractivity contribution in [1.82, 2.24) is 5.43 Å². The fourth-order valence-electron chi connectivity index (χ4n) is 1.42. The topological polar surface area (TPSA) is 38.0 Å². The van der Waals surface area contributed by atoms with E-state index in [2.05, 4.69) is 21.4 Å². The summed E-state index contributed by atoms with van der Waals surface area (Å²) in [6.07, 6.45) is -5.23. The maximum atomic E-state index is 12.9. The zero-order chi connectivity index (χ0) is 13.1. The monoisotopic (exact) mass is 314 g/mol. The van der Waals surface area contributed by atoms with E-state index < -0.39 is 24.5 Å². The van der Waals surface area contributed by atoms with E-state index in [1.54, 1.807) is 0 Å². The van der Waals surface area contributed by atoms with Crippen LogP contribution in [0.2, 0.25) is 0 Å². The van der Waals surface area contributed by atoms with Gasteiger partial charge in [0.05, 0.1) is 10.9 Å². The number of halogens is 5. The molecular weight excluding hydrogens is 304 g/mol. The van der Waals surface area contributed by atoms with Crippen molar-refractivity contribution < 1.29 is 17.6 Å². The third kappa shape index (κ3) is 5.01. The van der Waals surface area contributed by atoms with E-state index in [0.29, 0.717) is 5.56 Å². The van der Waals surface area contributed by atoms with Gasteiger partial charge in [0.1, 0.15) is 5.82 Å². The minimum Gasteiger partial charge on any atom is -0.271 e. The predicted molar refractivity (Wildman–Crippen MR) is 59.6 cm³/mol.